The maximum atomic E-state index is 13.3. The van der Waals surface area contributed by atoms with E-state index in [1.165, 1.54) is 76.7 Å². The van der Waals surface area contributed by atoms with Crippen LogP contribution in [-0.2, 0) is 9.59 Å². The summed E-state index contributed by atoms with van der Waals surface area (Å²) in [6.45, 7) is 2.78. The molecule has 1 amide bonds. The van der Waals surface area contributed by atoms with Crippen LogP contribution in [0.3, 0.4) is 0 Å². The molecule has 1 heterocycles. The summed E-state index contributed by atoms with van der Waals surface area (Å²) in [4.78, 5) is 28.1. The average molecular weight is 609 g/mol. The normalized spacial score (nSPS) is 15.5. The number of aliphatic hydroxyl groups is 1. The van der Waals surface area contributed by atoms with Gasteiger partial charge in [0.2, 0.25) is 0 Å². The summed E-state index contributed by atoms with van der Waals surface area (Å²) in [7, 11) is 0. The number of carbonyl (C=O) groups excluding carboxylic acids is 2. The molecule has 1 aliphatic rings. The minimum Gasteiger partial charge on any atom is -0.503 e. The number of hydrogen-bond acceptors (Lipinski definition) is 3. The van der Waals surface area contributed by atoms with Gasteiger partial charge in [-0.1, -0.05) is 155 Å². The molecular weight excluding hydrogens is 562 g/mol. The molecular formula is C35H46BrNO3. The quantitative estimate of drug-likeness (QED) is 0.128. The van der Waals surface area contributed by atoms with Crippen LogP contribution in [0.25, 0.3) is 6.08 Å². The molecule has 1 N–H and O–H groups in total. The minimum absolute atomic E-state index is 0.157. The topological polar surface area (TPSA) is 57.6 Å². The van der Waals surface area contributed by atoms with E-state index in [0.29, 0.717) is 6.54 Å². The van der Waals surface area contributed by atoms with Gasteiger partial charge in [-0.15, -0.1) is 0 Å². The van der Waals surface area contributed by atoms with Crippen LogP contribution in [0.5, 0.6) is 0 Å². The molecule has 0 spiro atoms. The summed E-state index contributed by atoms with van der Waals surface area (Å²) in [5.41, 5.74) is 1.87. The second-order valence-corrected chi connectivity index (χ2v) is 11.8. The van der Waals surface area contributed by atoms with E-state index in [2.05, 4.69) is 22.9 Å². The van der Waals surface area contributed by atoms with Crippen molar-refractivity contribution in [2.75, 3.05) is 6.54 Å². The Morgan fingerprint density at radius 1 is 0.800 bits per heavy atom. The van der Waals surface area contributed by atoms with Gasteiger partial charge in [-0.3, -0.25) is 9.59 Å². The van der Waals surface area contributed by atoms with Crippen molar-refractivity contribution in [2.24, 2.45) is 0 Å². The summed E-state index contributed by atoms with van der Waals surface area (Å²) in [6, 6.07) is 16.6. The summed E-state index contributed by atoms with van der Waals surface area (Å²) in [5.74, 6) is -1.23. The summed E-state index contributed by atoms with van der Waals surface area (Å²) < 4.78 is 0.921. The molecule has 0 saturated carbocycles. The smallest absolute Gasteiger partial charge is 0.290 e. The largest absolute Gasteiger partial charge is 0.503 e. The molecule has 0 saturated heterocycles. The maximum Gasteiger partial charge on any atom is 0.290 e. The van der Waals surface area contributed by atoms with Gasteiger partial charge in [0.15, 0.2) is 11.5 Å². The third-order valence-corrected chi connectivity index (χ3v) is 8.26. The number of amides is 1. The van der Waals surface area contributed by atoms with Crippen molar-refractivity contribution in [3.63, 3.8) is 0 Å². The molecule has 4 nitrogen and oxygen atoms in total. The van der Waals surface area contributed by atoms with Gasteiger partial charge in [0.05, 0.1) is 11.6 Å². The Balaban J connectivity index is 1.49. The number of hydrogen-bond donors (Lipinski definition) is 1. The molecule has 1 unspecified atom stereocenters. The van der Waals surface area contributed by atoms with E-state index in [1.807, 2.05) is 54.6 Å². The molecule has 2 aromatic carbocycles. The van der Waals surface area contributed by atoms with Gasteiger partial charge in [0.25, 0.3) is 5.91 Å². The van der Waals surface area contributed by atoms with E-state index >= 15 is 0 Å². The van der Waals surface area contributed by atoms with Crippen LogP contribution in [0.2, 0.25) is 0 Å². The molecule has 0 radical (unpaired) electrons. The number of nitrogens with zero attached hydrogens (tertiary/aromatic N) is 1. The number of unbranched alkanes of at least 4 members (excludes halogenated alkanes) is 13. The van der Waals surface area contributed by atoms with Gasteiger partial charge in [-0.05, 0) is 35.8 Å². The number of allylic oxidation sites excluding steroid dienone is 1. The maximum absolute atomic E-state index is 13.3. The third kappa shape index (κ3) is 10.1. The fraction of sp³-hybridized carbons (Fsp3) is 0.486. The van der Waals surface area contributed by atoms with Crippen molar-refractivity contribution in [2.45, 2.75) is 103 Å². The molecule has 216 valence electrons. The zero-order valence-electron chi connectivity index (χ0n) is 24.1. The number of carbonyl (C=O) groups is 2. The molecule has 0 aliphatic carbocycles. The first kappa shape index (κ1) is 31.9. The van der Waals surface area contributed by atoms with Crippen LogP contribution in [0.1, 0.15) is 114 Å². The number of aliphatic hydroxyl groups excluding tert-OH is 1. The van der Waals surface area contributed by atoms with Crippen LogP contribution in [0.15, 0.2) is 76.5 Å². The average Bonchev–Trinajstić information content (AvgIpc) is 3.22. The predicted octanol–water partition coefficient (Wildman–Crippen LogP) is 9.91. The van der Waals surface area contributed by atoms with Crippen molar-refractivity contribution in [3.8, 4) is 0 Å². The Hall–Kier alpha value is -2.66. The Morgan fingerprint density at radius 3 is 1.88 bits per heavy atom. The zero-order valence-corrected chi connectivity index (χ0v) is 25.7. The first-order valence-electron chi connectivity index (χ1n) is 15.3. The fourth-order valence-electron chi connectivity index (χ4n) is 5.43. The van der Waals surface area contributed by atoms with Crippen LogP contribution >= 0.6 is 15.9 Å². The molecule has 0 aromatic heterocycles. The Labute approximate surface area is 249 Å². The van der Waals surface area contributed by atoms with E-state index in [4.69, 9.17) is 0 Å². The van der Waals surface area contributed by atoms with Gasteiger partial charge < -0.3 is 10.0 Å². The van der Waals surface area contributed by atoms with E-state index < -0.39 is 17.7 Å². The lowest BCUT2D eigenvalue weighted by Crippen LogP contribution is -2.32. The fourth-order valence-corrected chi connectivity index (χ4v) is 5.69. The molecule has 1 aliphatic heterocycles. The van der Waals surface area contributed by atoms with E-state index in [9.17, 15) is 14.7 Å². The highest BCUT2D eigenvalue weighted by molar-refractivity contribution is 9.10. The molecule has 5 heteroatoms. The molecule has 0 bridgehead atoms. The number of rotatable bonds is 19. The van der Waals surface area contributed by atoms with E-state index in [-0.39, 0.29) is 11.4 Å². The van der Waals surface area contributed by atoms with E-state index in [0.717, 1.165) is 34.9 Å². The van der Waals surface area contributed by atoms with Crippen molar-refractivity contribution in [1.82, 2.24) is 4.90 Å². The minimum atomic E-state index is -0.588. The van der Waals surface area contributed by atoms with Crippen molar-refractivity contribution in [3.05, 3.63) is 87.6 Å². The van der Waals surface area contributed by atoms with Crippen molar-refractivity contribution < 1.29 is 14.7 Å². The van der Waals surface area contributed by atoms with Gasteiger partial charge >= 0.3 is 0 Å². The van der Waals surface area contributed by atoms with Crippen LogP contribution in [0, 0.1) is 0 Å². The molecule has 2 aromatic rings. The van der Waals surface area contributed by atoms with E-state index in [1.54, 1.807) is 11.0 Å². The summed E-state index contributed by atoms with van der Waals surface area (Å²) >= 11 is 3.47. The highest BCUT2D eigenvalue weighted by Gasteiger charge is 2.42. The summed E-state index contributed by atoms with van der Waals surface area (Å²) in [6.07, 6.45) is 20.9. The first-order chi connectivity index (χ1) is 19.5. The summed E-state index contributed by atoms with van der Waals surface area (Å²) in [5, 5.41) is 10.8. The van der Waals surface area contributed by atoms with Gasteiger partial charge in [0.1, 0.15) is 0 Å². The third-order valence-electron chi connectivity index (χ3n) is 7.73. The standard InChI is InChI=1S/C35H46BrNO3/c1-2-3-4-5-6-7-8-9-10-11-12-13-14-18-27-37-33(29-22-24-30(36)25-23-29)32(34(39)35(37)40)31(38)26-21-28-19-16-15-17-20-28/h15-17,19-26,33,39H,2-14,18,27H2,1H3/b26-21+. The Bertz CT molecular complexity index is 1110. The second-order valence-electron chi connectivity index (χ2n) is 10.9. The number of ketones is 1. The Kier molecular flexibility index (Phi) is 14.3. The SMILES string of the molecule is CCCCCCCCCCCCCCCCN1C(=O)C(O)=C(C(=O)/C=C/c2ccccc2)C1c1ccc(Br)cc1. The molecule has 40 heavy (non-hydrogen) atoms. The predicted molar refractivity (Wildman–Crippen MR) is 169 cm³/mol. The van der Waals surface area contributed by atoms with Crippen LogP contribution in [-0.4, -0.2) is 28.2 Å². The van der Waals surface area contributed by atoms with Crippen LogP contribution < -0.4 is 0 Å². The van der Waals surface area contributed by atoms with Crippen molar-refractivity contribution >= 4 is 33.7 Å². The zero-order chi connectivity index (χ0) is 28.6. The second kappa shape index (κ2) is 17.9. The van der Waals surface area contributed by atoms with Gasteiger partial charge in [0, 0.05) is 11.0 Å². The van der Waals surface area contributed by atoms with Gasteiger partial charge in [-0.2, -0.15) is 0 Å². The molecule has 1 atom stereocenters. The first-order valence-corrected chi connectivity index (χ1v) is 16.1. The molecule has 0 fully saturated rings. The molecule has 3 rings (SSSR count). The highest BCUT2D eigenvalue weighted by Crippen LogP contribution is 2.38. The Morgan fingerprint density at radius 2 is 1.32 bits per heavy atom. The van der Waals surface area contributed by atoms with Crippen LogP contribution in [0.4, 0.5) is 0 Å². The monoisotopic (exact) mass is 607 g/mol. The van der Waals surface area contributed by atoms with Gasteiger partial charge in [-0.25, -0.2) is 0 Å². The lowest BCUT2D eigenvalue weighted by atomic mass is 9.95. The lowest BCUT2D eigenvalue weighted by Gasteiger charge is -2.26. The van der Waals surface area contributed by atoms with Crippen molar-refractivity contribution in [1.29, 1.82) is 0 Å². The lowest BCUT2D eigenvalue weighted by molar-refractivity contribution is -0.129. The number of benzene rings is 2. The number of halogens is 1. The highest BCUT2D eigenvalue weighted by atomic mass is 79.9.